The predicted molar refractivity (Wildman–Crippen MR) is 124 cm³/mol. The SMILES string of the molecule is CC(OCC1(N2CCN(C(=O)O)CC2)Cc2ccccc2C1)c1cc(Br)cc(Br)c1. The molecule has 1 atom stereocenters. The standard InChI is InChI=1S/C23H26Br2N2O3/c1-16(19-10-20(24)12-21(25)11-19)30-15-23(13-17-4-2-3-5-18(17)14-23)27-8-6-26(7-9-27)22(28)29/h2-5,10-12,16H,6-9,13-15H2,1H3,(H,28,29). The Hall–Kier alpha value is -1.41. The third kappa shape index (κ3) is 4.59. The Bertz CT molecular complexity index is 883. The van der Waals surface area contributed by atoms with Crippen molar-refractivity contribution in [1.82, 2.24) is 9.80 Å². The largest absolute Gasteiger partial charge is 0.465 e. The van der Waals surface area contributed by atoms with Crippen LogP contribution in [-0.2, 0) is 17.6 Å². The summed E-state index contributed by atoms with van der Waals surface area (Å²) in [7, 11) is 0. The van der Waals surface area contributed by atoms with Crippen LogP contribution in [0.4, 0.5) is 4.79 Å². The molecule has 0 aromatic heterocycles. The lowest BCUT2D eigenvalue weighted by Crippen LogP contribution is -2.60. The number of piperazine rings is 1. The minimum Gasteiger partial charge on any atom is -0.465 e. The number of carboxylic acid groups (broad SMARTS) is 1. The number of halogens is 2. The fourth-order valence-corrected chi connectivity index (χ4v) is 5.98. The Morgan fingerprint density at radius 2 is 1.63 bits per heavy atom. The van der Waals surface area contributed by atoms with Crippen LogP contribution in [0.15, 0.2) is 51.4 Å². The maximum Gasteiger partial charge on any atom is 0.407 e. The van der Waals surface area contributed by atoms with Crippen molar-refractivity contribution in [3.8, 4) is 0 Å². The first-order valence-electron chi connectivity index (χ1n) is 10.2. The lowest BCUT2D eigenvalue weighted by molar-refractivity contribution is -0.0474. The highest BCUT2D eigenvalue weighted by Crippen LogP contribution is 2.37. The highest BCUT2D eigenvalue weighted by molar-refractivity contribution is 9.11. The van der Waals surface area contributed by atoms with Gasteiger partial charge in [-0.05, 0) is 54.7 Å². The molecule has 2 aromatic rings. The number of amides is 1. The summed E-state index contributed by atoms with van der Waals surface area (Å²) in [6, 6.07) is 14.8. The quantitative estimate of drug-likeness (QED) is 0.575. The third-order valence-electron chi connectivity index (χ3n) is 6.33. The molecule has 0 saturated carbocycles. The normalized spacial score (nSPS) is 19.5. The van der Waals surface area contributed by atoms with Crippen LogP contribution in [0.3, 0.4) is 0 Å². The van der Waals surface area contributed by atoms with E-state index in [0.717, 1.165) is 40.4 Å². The fraction of sp³-hybridized carbons (Fsp3) is 0.435. The molecule has 2 aromatic carbocycles. The van der Waals surface area contributed by atoms with Crippen molar-refractivity contribution in [2.45, 2.75) is 31.4 Å². The number of ether oxygens (including phenoxy) is 1. The minimum absolute atomic E-state index is 0.0419. The van der Waals surface area contributed by atoms with Gasteiger partial charge in [-0.25, -0.2) is 4.79 Å². The molecule has 1 unspecified atom stereocenters. The minimum atomic E-state index is -0.830. The topological polar surface area (TPSA) is 53.0 Å². The second-order valence-electron chi connectivity index (χ2n) is 8.26. The van der Waals surface area contributed by atoms with Gasteiger partial charge < -0.3 is 14.7 Å². The second-order valence-corrected chi connectivity index (χ2v) is 10.1. The lowest BCUT2D eigenvalue weighted by Gasteiger charge is -2.45. The smallest absolute Gasteiger partial charge is 0.407 e. The molecular weight excluding hydrogens is 512 g/mol. The average Bonchev–Trinajstić information content (AvgIpc) is 3.11. The summed E-state index contributed by atoms with van der Waals surface area (Å²) >= 11 is 7.12. The fourth-order valence-electron chi connectivity index (χ4n) is 4.65. The number of hydrogen-bond acceptors (Lipinski definition) is 3. The van der Waals surface area contributed by atoms with Crippen LogP contribution >= 0.6 is 31.9 Å². The first kappa shape index (κ1) is 21.8. The summed E-state index contributed by atoms with van der Waals surface area (Å²) in [5, 5.41) is 9.32. The monoisotopic (exact) mass is 536 g/mol. The molecule has 30 heavy (non-hydrogen) atoms. The van der Waals surface area contributed by atoms with Crippen LogP contribution in [0.5, 0.6) is 0 Å². The zero-order chi connectivity index (χ0) is 21.3. The summed E-state index contributed by atoms with van der Waals surface area (Å²) in [6.45, 7) is 5.26. The Kier molecular flexibility index (Phi) is 6.53. The number of rotatable bonds is 5. The van der Waals surface area contributed by atoms with E-state index >= 15 is 0 Å². The molecule has 7 heteroatoms. The zero-order valence-corrected chi connectivity index (χ0v) is 20.2. The van der Waals surface area contributed by atoms with Gasteiger partial charge in [0.15, 0.2) is 0 Å². The van der Waals surface area contributed by atoms with Gasteiger partial charge in [-0.2, -0.15) is 0 Å². The van der Waals surface area contributed by atoms with Gasteiger partial charge in [-0.15, -0.1) is 0 Å². The molecule has 1 saturated heterocycles. The van der Waals surface area contributed by atoms with Crippen LogP contribution in [-0.4, -0.2) is 59.3 Å². The Balaban J connectivity index is 1.52. The Labute approximate surface area is 194 Å². The van der Waals surface area contributed by atoms with Crippen LogP contribution in [0.1, 0.15) is 29.7 Å². The lowest BCUT2D eigenvalue weighted by atomic mass is 9.93. The van der Waals surface area contributed by atoms with Gasteiger partial charge >= 0.3 is 6.09 Å². The molecule has 1 amide bonds. The third-order valence-corrected chi connectivity index (χ3v) is 7.25. The molecule has 1 N–H and O–H groups in total. The molecule has 0 bridgehead atoms. The van der Waals surface area contributed by atoms with E-state index in [9.17, 15) is 9.90 Å². The van der Waals surface area contributed by atoms with Gasteiger partial charge in [0.2, 0.25) is 0 Å². The van der Waals surface area contributed by atoms with E-state index < -0.39 is 6.09 Å². The number of fused-ring (bicyclic) bond motifs is 1. The molecule has 1 aliphatic heterocycles. The zero-order valence-electron chi connectivity index (χ0n) is 17.0. The molecule has 0 spiro atoms. The van der Waals surface area contributed by atoms with Crippen LogP contribution < -0.4 is 0 Å². The van der Waals surface area contributed by atoms with Crippen LogP contribution in [0.25, 0.3) is 0 Å². The van der Waals surface area contributed by atoms with Crippen molar-refractivity contribution < 1.29 is 14.6 Å². The van der Waals surface area contributed by atoms with Gasteiger partial charge in [-0.3, -0.25) is 4.90 Å². The molecule has 160 valence electrons. The van der Waals surface area contributed by atoms with Crippen molar-refractivity contribution in [2.24, 2.45) is 0 Å². The number of hydrogen-bond donors (Lipinski definition) is 1. The van der Waals surface area contributed by atoms with Crippen molar-refractivity contribution in [1.29, 1.82) is 0 Å². The Morgan fingerprint density at radius 3 is 2.17 bits per heavy atom. The first-order valence-corrected chi connectivity index (χ1v) is 11.8. The maximum atomic E-state index is 11.3. The summed E-state index contributed by atoms with van der Waals surface area (Å²) in [6.07, 6.45) is 0.999. The van der Waals surface area contributed by atoms with Crippen LogP contribution in [0.2, 0.25) is 0 Å². The predicted octanol–water partition coefficient (Wildman–Crippen LogP) is 5.12. The number of benzene rings is 2. The first-order chi connectivity index (χ1) is 14.4. The van der Waals surface area contributed by atoms with E-state index in [1.54, 1.807) is 0 Å². The van der Waals surface area contributed by atoms with Gasteiger partial charge in [0, 0.05) is 35.1 Å². The van der Waals surface area contributed by atoms with Gasteiger partial charge in [0.1, 0.15) is 0 Å². The van der Waals surface area contributed by atoms with E-state index in [1.165, 1.54) is 16.0 Å². The van der Waals surface area contributed by atoms with E-state index in [1.807, 2.05) is 6.07 Å². The van der Waals surface area contributed by atoms with Crippen LogP contribution in [0, 0.1) is 0 Å². The molecule has 0 radical (unpaired) electrons. The van der Waals surface area contributed by atoms with Gasteiger partial charge in [0.25, 0.3) is 0 Å². The summed E-state index contributed by atoms with van der Waals surface area (Å²) in [5.74, 6) is 0. The molecule has 1 heterocycles. The summed E-state index contributed by atoms with van der Waals surface area (Å²) in [5.41, 5.74) is 3.74. The van der Waals surface area contributed by atoms with Crippen molar-refractivity contribution in [2.75, 3.05) is 32.8 Å². The van der Waals surface area contributed by atoms with Crippen molar-refractivity contribution >= 4 is 38.0 Å². The number of nitrogens with zero attached hydrogens (tertiary/aromatic N) is 2. The van der Waals surface area contributed by atoms with Gasteiger partial charge in [0.05, 0.1) is 18.2 Å². The van der Waals surface area contributed by atoms with Crippen molar-refractivity contribution in [3.05, 3.63) is 68.1 Å². The van der Waals surface area contributed by atoms with E-state index in [-0.39, 0.29) is 11.6 Å². The highest BCUT2D eigenvalue weighted by atomic mass is 79.9. The summed E-state index contributed by atoms with van der Waals surface area (Å²) in [4.78, 5) is 15.3. The maximum absolute atomic E-state index is 11.3. The molecule has 1 aliphatic carbocycles. The van der Waals surface area contributed by atoms with E-state index in [2.05, 4.69) is 80.1 Å². The van der Waals surface area contributed by atoms with E-state index in [4.69, 9.17) is 4.74 Å². The number of carbonyl (C=O) groups is 1. The highest BCUT2D eigenvalue weighted by Gasteiger charge is 2.44. The molecular formula is C23H26Br2N2O3. The molecule has 2 aliphatic rings. The second kappa shape index (κ2) is 8.99. The van der Waals surface area contributed by atoms with E-state index in [0.29, 0.717) is 19.7 Å². The Morgan fingerprint density at radius 1 is 1.07 bits per heavy atom. The average molecular weight is 538 g/mol. The summed E-state index contributed by atoms with van der Waals surface area (Å²) < 4.78 is 8.52. The molecule has 4 rings (SSSR count). The molecule has 5 nitrogen and oxygen atoms in total. The molecule has 1 fully saturated rings. The van der Waals surface area contributed by atoms with Gasteiger partial charge in [-0.1, -0.05) is 56.1 Å². The van der Waals surface area contributed by atoms with Crippen molar-refractivity contribution in [3.63, 3.8) is 0 Å².